The van der Waals surface area contributed by atoms with E-state index in [4.69, 9.17) is 5.14 Å². The summed E-state index contributed by atoms with van der Waals surface area (Å²) in [5.74, 6) is -0.119. The Morgan fingerprint density at radius 1 is 1.00 bits per heavy atom. The lowest BCUT2D eigenvalue weighted by atomic mass is 10.2. The van der Waals surface area contributed by atoms with Gasteiger partial charge in [-0.2, -0.15) is 0 Å². The molecule has 0 radical (unpaired) electrons. The number of para-hydroxylation sites is 1. The van der Waals surface area contributed by atoms with Gasteiger partial charge in [0.05, 0.1) is 10.9 Å². The molecule has 1 saturated heterocycles. The van der Waals surface area contributed by atoms with E-state index >= 15 is 0 Å². The van der Waals surface area contributed by atoms with Crippen LogP contribution in [0, 0.1) is 0 Å². The first-order valence-electron chi connectivity index (χ1n) is 8.82. The fourth-order valence-corrected chi connectivity index (χ4v) is 3.66. The normalized spacial score (nSPS) is 16.7. The van der Waals surface area contributed by atoms with Gasteiger partial charge in [-0.15, -0.1) is 0 Å². The summed E-state index contributed by atoms with van der Waals surface area (Å²) in [5, 5.41) is 7.91. The van der Waals surface area contributed by atoms with Crippen LogP contribution in [0.25, 0.3) is 0 Å². The summed E-state index contributed by atoms with van der Waals surface area (Å²) >= 11 is 0. The number of nitrogens with two attached hydrogens (primary N) is 1. The van der Waals surface area contributed by atoms with Gasteiger partial charge in [-0.05, 0) is 43.3 Å². The number of piperazine rings is 1. The topological polar surface area (TPSA) is 95.7 Å². The predicted octanol–water partition coefficient (Wildman–Crippen LogP) is 1.48. The van der Waals surface area contributed by atoms with Gasteiger partial charge in [0.25, 0.3) is 0 Å². The Labute approximate surface area is 159 Å². The molecule has 1 atom stereocenters. The van der Waals surface area contributed by atoms with E-state index in [-0.39, 0.29) is 16.8 Å². The van der Waals surface area contributed by atoms with E-state index in [1.165, 1.54) is 30.0 Å². The molecular formula is C19H24N4O3S. The molecule has 1 amide bonds. The van der Waals surface area contributed by atoms with Gasteiger partial charge < -0.3 is 10.2 Å². The summed E-state index contributed by atoms with van der Waals surface area (Å²) in [6.07, 6.45) is 0. The number of hydrogen-bond donors (Lipinski definition) is 2. The van der Waals surface area contributed by atoms with E-state index in [9.17, 15) is 13.2 Å². The minimum atomic E-state index is -3.74. The average molecular weight is 388 g/mol. The van der Waals surface area contributed by atoms with Crippen LogP contribution in [-0.2, 0) is 14.8 Å². The lowest BCUT2D eigenvalue weighted by molar-refractivity contribution is -0.120. The Bertz CT molecular complexity index is 877. The fraction of sp³-hybridized carbons (Fsp3) is 0.316. The van der Waals surface area contributed by atoms with E-state index in [1.807, 2.05) is 25.1 Å². The van der Waals surface area contributed by atoms with Crippen molar-refractivity contribution in [3.8, 4) is 0 Å². The summed E-state index contributed by atoms with van der Waals surface area (Å²) in [4.78, 5) is 17.0. The highest BCUT2D eigenvalue weighted by Crippen LogP contribution is 2.18. The molecule has 1 aliphatic rings. The first kappa shape index (κ1) is 19.3. The number of anilines is 2. The molecule has 0 bridgehead atoms. The van der Waals surface area contributed by atoms with Crippen LogP contribution in [0.1, 0.15) is 6.92 Å². The molecule has 3 N–H and O–H groups in total. The maximum Gasteiger partial charge on any atom is 0.241 e. The van der Waals surface area contributed by atoms with Gasteiger partial charge in [0.2, 0.25) is 15.9 Å². The highest BCUT2D eigenvalue weighted by molar-refractivity contribution is 7.89. The average Bonchev–Trinajstić information content (AvgIpc) is 2.68. The zero-order chi connectivity index (χ0) is 19.4. The first-order chi connectivity index (χ1) is 12.8. The van der Waals surface area contributed by atoms with Crippen molar-refractivity contribution in [3.63, 3.8) is 0 Å². The van der Waals surface area contributed by atoms with Gasteiger partial charge in [0, 0.05) is 37.6 Å². The molecule has 7 nitrogen and oxygen atoms in total. The smallest absolute Gasteiger partial charge is 0.241 e. The molecule has 1 aliphatic heterocycles. The van der Waals surface area contributed by atoms with Crippen molar-refractivity contribution in [2.45, 2.75) is 17.9 Å². The summed E-state index contributed by atoms with van der Waals surface area (Å²) in [6, 6.07) is 15.8. The zero-order valence-electron chi connectivity index (χ0n) is 15.2. The van der Waals surface area contributed by atoms with E-state index < -0.39 is 10.0 Å². The number of carbonyl (C=O) groups excluding carboxylic acids is 1. The molecule has 2 aromatic carbocycles. The predicted molar refractivity (Wildman–Crippen MR) is 106 cm³/mol. The minimum absolute atomic E-state index is 0.0191. The number of sulfonamides is 1. The number of amides is 1. The van der Waals surface area contributed by atoms with Crippen LogP contribution in [0.15, 0.2) is 59.5 Å². The van der Waals surface area contributed by atoms with Crippen LogP contribution in [0.5, 0.6) is 0 Å². The van der Waals surface area contributed by atoms with E-state index in [2.05, 4.69) is 27.2 Å². The highest BCUT2D eigenvalue weighted by Gasteiger charge is 2.25. The van der Waals surface area contributed by atoms with Crippen molar-refractivity contribution in [2.75, 3.05) is 36.4 Å². The summed E-state index contributed by atoms with van der Waals surface area (Å²) < 4.78 is 22.6. The zero-order valence-corrected chi connectivity index (χ0v) is 16.0. The van der Waals surface area contributed by atoms with E-state index in [1.54, 1.807) is 0 Å². The Morgan fingerprint density at radius 2 is 1.59 bits per heavy atom. The minimum Gasteiger partial charge on any atom is -0.369 e. The molecule has 1 heterocycles. The number of nitrogens with one attached hydrogen (secondary N) is 1. The van der Waals surface area contributed by atoms with Gasteiger partial charge >= 0.3 is 0 Å². The SMILES string of the molecule is CC(C(=O)Nc1ccc(S(N)(=O)=O)cc1)N1CCN(c2ccccc2)CC1. The summed E-state index contributed by atoms with van der Waals surface area (Å²) in [7, 11) is -3.74. The molecular weight excluding hydrogens is 364 g/mol. The second-order valence-corrected chi connectivity index (χ2v) is 8.15. The second-order valence-electron chi connectivity index (χ2n) is 6.59. The number of carbonyl (C=O) groups is 1. The van der Waals surface area contributed by atoms with Gasteiger partial charge in [-0.3, -0.25) is 9.69 Å². The highest BCUT2D eigenvalue weighted by atomic mass is 32.2. The third-order valence-electron chi connectivity index (χ3n) is 4.81. The molecule has 0 saturated carbocycles. The quantitative estimate of drug-likeness (QED) is 0.809. The summed E-state index contributed by atoms with van der Waals surface area (Å²) in [6.45, 7) is 5.21. The number of nitrogens with zero attached hydrogens (tertiary/aromatic N) is 2. The first-order valence-corrected chi connectivity index (χ1v) is 10.4. The maximum absolute atomic E-state index is 12.5. The molecule has 0 aromatic heterocycles. The van der Waals surface area contributed by atoms with Crippen molar-refractivity contribution >= 4 is 27.3 Å². The molecule has 0 spiro atoms. The molecule has 2 aromatic rings. The molecule has 144 valence electrons. The van der Waals surface area contributed by atoms with Crippen LogP contribution in [0.4, 0.5) is 11.4 Å². The van der Waals surface area contributed by atoms with E-state index in [0.29, 0.717) is 5.69 Å². The van der Waals surface area contributed by atoms with Crippen LogP contribution < -0.4 is 15.4 Å². The number of rotatable bonds is 5. The molecule has 8 heteroatoms. The van der Waals surface area contributed by atoms with Gasteiger partial charge in [-0.25, -0.2) is 13.6 Å². The summed E-state index contributed by atoms with van der Waals surface area (Å²) in [5.41, 5.74) is 1.74. The number of hydrogen-bond acceptors (Lipinski definition) is 5. The third-order valence-corrected chi connectivity index (χ3v) is 5.74. The van der Waals surface area contributed by atoms with Crippen molar-refractivity contribution in [1.82, 2.24) is 4.90 Å². The van der Waals surface area contributed by atoms with Crippen molar-refractivity contribution in [1.29, 1.82) is 0 Å². The largest absolute Gasteiger partial charge is 0.369 e. The lowest BCUT2D eigenvalue weighted by Gasteiger charge is -2.38. The Kier molecular flexibility index (Phi) is 5.79. The fourth-order valence-electron chi connectivity index (χ4n) is 3.15. The Morgan fingerprint density at radius 3 is 2.15 bits per heavy atom. The van der Waals surface area contributed by atoms with Crippen LogP contribution in [0.3, 0.4) is 0 Å². The second kappa shape index (κ2) is 8.08. The maximum atomic E-state index is 12.5. The Balaban J connectivity index is 1.55. The monoisotopic (exact) mass is 388 g/mol. The van der Waals surface area contributed by atoms with E-state index in [0.717, 1.165) is 26.2 Å². The van der Waals surface area contributed by atoms with Crippen LogP contribution >= 0.6 is 0 Å². The van der Waals surface area contributed by atoms with Gasteiger partial charge in [0.1, 0.15) is 0 Å². The van der Waals surface area contributed by atoms with Crippen molar-refractivity contribution in [2.24, 2.45) is 5.14 Å². The third kappa shape index (κ3) is 4.85. The van der Waals surface area contributed by atoms with Crippen LogP contribution in [-0.4, -0.2) is 51.4 Å². The molecule has 1 unspecified atom stereocenters. The number of primary sulfonamides is 1. The van der Waals surface area contributed by atoms with Gasteiger partial charge in [0.15, 0.2) is 0 Å². The number of benzene rings is 2. The molecule has 0 aliphatic carbocycles. The lowest BCUT2D eigenvalue weighted by Crippen LogP contribution is -2.52. The standard InChI is InChI=1S/C19H24N4O3S/c1-15(19(24)21-16-7-9-18(10-8-16)27(20,25)26)22-11-13-23(14-12-22)17-5-3-2-4-6-17/h2-10,15H,11-14H2,1H3,(H,21,24)(H2,20,25,26). The molecule has 1 fully saturated rings. The van der Waals surface area contributed by atoms with Crippen molar-refractivity contribution < 1.29 is 13.2 Å². The van der Waals surface area contributed by atoms with Gasteiger partial charge in [-0.1, -0.05) is 18.2 Å². The molecule has 27 heavy (non-hydrogen) atoms. The molecule has 3 rings (SSSR count). The van der Waals surface area contributed by atoms with Crippen molar-refractivity contribution in [3.05, 3.63) is 54.6 Å². The Hall–Kier alpha value is -2.42. The van der Waals surface area contributed by atoms with Crippen LogP contribution in [0.2, 0.25) is 0 Å².